The zero-order valence-electron chi connectivity index (χ0n) is 15.1. The number of carbonyl (C=O) groups is 2. The number of nitrogens with one attached hydrogen (secondary N) is 1. The number of fused-ring (bicyclic) bond motifs is 1. The fourth-order valence-corrected chi connectivity index (χ4v) is 5.55. The zero-order chi connectivity index (χ0) is 20.3. The Balaban J connectivity index is 2.15. The molecule has 2 aromatic carbocycles. The van der Waals surface area contributed by atoms with Gasteiger partial charge in [0.1, 0.15) is 9.77 Å². The van der Waals surface area contributed by atoms with Gasteiger partial charge in [-0.2, -0.15) is 0 Å². The van der Waals surface area contributed by atoms with E-state index in [-0.39, 0.29) is 27.6 Å². The molecule has 0 spiro atoms. The molecule has 0 bridgehead atoms. The minimum Gasteiger partial charge on any atom is -0.465 e. The second-order valence-electron chi connectivity index (χ2n) is 5.62. The topological polar surface area (TPSA) is 98.8 Å². The molecule has 0 radical (unpaired) electrons. The molecule has 0 aliphatic carbocycles. The zero-order valence-corrected chi connectivity index (χ0v) is 16.7. The van der Waals surface area contributed by atoms with Gasteiger partial charge >= 0.3 is 11.9 Å². The molecule has 9 heteroatoms. The maximum absolute atomic E-state index is 13.2. The highest BCUT2D eigenvalue weighted by Gasteiger charge is 2.30. The molecule has 3 aromatic rings. The first-order chi connectivity index (χ1) is 13.4. The number of anilines is 1. The second-order valence-corrected chi connectivity index (χ2v) is 8.29. The molecule has 0 atom stereocenters. The van der Waals surface area contributed by atoms with E-state index in [9.17, 15) is 18.0 Å². The van der Waals surface area contributed by atoms with Gasteiger partial charge in [-0.1, -0.05) is 30.3 Å². The van der Waals surface area contributed by atoms with Gasteiger partial charge in [-0.15, -0.1) is 11.3 Å². The number of esters is 2. The Morgan fingerprint density at radius 2 is 1.71 bits per heavy atom. The monoisotopic (exact) mass is 419 g/mol. The quantitative estimate of drug-likeness (QED) is 0.612. The minimum atomic E-state index is -4.20. The Hall–Kier alpha value is -2.91. The van der Waals surface area contributed by atoms with E-state index in [2.05, 4.69) is 4.72 Å². The van der Waals surface area contributed by atoms with E-state index in [0.29, 0.717) is 10.1 Å². The van der Waals surface area contributed by atoms with Crippen LogP contribution in [0.25, 0.3) is 10.1 Å². The van der Waals surface area contributed by atoms with E-state index in [0.717, 1.165) is 11.3 Å². The number of hydrogen-bond donors (Lipinski definition) is 1. The van der Waals surface area contributed by atoms with Crippen molar-refractivity contribution >= 4 is 49.1 Å². The molecule has 28 heavy (non-hydrogen) atoms. The Labute approximate surface area is 165 Å². The van der Waals surface area contributed by atoms with Crippen molar-refractivity contribution in [3.05, 3.63) is 59.0 Å². The molecule has 0 aliphatic rings. The lowest BCUT2D eigenvalue weighted by Gasteiger charge is -2.12. The predicted molar refractivity (Wildman–Crippen MR) is 106 cm³/mol. The average Bonchev–Trinajstić information content (AvgIpc) is 3.08. The number of sulfonamides is 1. The molecular formula is C19H17NO6S2. The minimum absolute atomic E-state index is 0.0221. The summed E-state index contributed by atoms with van der Waals surface area (Å²) >= 11 is 1.04. The highest BCUT2D eigenvalue weighted by Crippen LogP contribution is 2.36. The molecule has 0 fully saturated rings. The summed E-state index contributed by atoms with van der Waals surface area (Å²) in [6.07, 6.45) is 0. The van der Waals surface area contributed by atoms with Gasteiger partial charge in [0.05, 0.1) is 25.0 Å². The Bertz CT molecular complexity index is 1150. The van der Waals surface area contributed by atoms with E-state index < -0.39 is 22.0 Å². The number of methoxy groups -OCH3 is 1. The molecule has 0 aliphatic heterocycles. The lowest BCUT2D eigenvalue weighted by Crippen LogP contribution is -2.18. The molecular weight excluding hydrogens is 402 g/mol. The Kier molecular flexibility index (Phi) is 5.66. The van der Waals surface area contributed by atoms with Crippen molar-refractivity contribution in [3.63, 3.8) is 0 Å². The van der Waals surface area contributed by atoms with Crippen LogP contribution in [-0.4, -0.2) is 34.1 Å². The van der Waals surface area contributed by atoms with E-state index in [4.69, 9.17) is 9.47 Å². The van der Waals surface area contributed by atoms with Gasteiger partial charge in [0.25, 0.3) is 10.0 Å². The third-order valence-corrected chi connectivity index (χ3v) is 6.59. The van der Waals surface area contributed by atoms with Crippen molar-refractivity contribution in [2.75, 3.05) is 18.4 Å². The smallest absolute Gasteiger partial charge is 0.349 e. The summed E-state index contributed by atoms with van der Waals surface area (Å²) < 4.78 is 39.2. The van der Waals surface area contributed by atoms with Crippen LogP contribution in [0.4, 0.5) is 5.69 Å². The molecule has 0 saturated heterocycles. The molecule has 0 saturated carbocycles. The SMILES string of the molecule is CCOC(=O)c1sc2ccccc2c1S(=O)(=O)Nc1ccccc1C(=O)OC. The van der Waals surface area contributed by atoms with Crippen LogP contribution in [0.3, 0.4) is 0 Å². The largest absolute Gasteiger partial charge is 0.465 e. The average molecular weight is 419 g/mol. The van der Waals surface area contributed by atoms with Gasteiger partial charge in [-0.25, -0.2) is 18.0 Å². The van der Waals surface area contributed by atoms with Crippen LogP contribution in [0, 0.1) is 0 Å². The molecule has 0 unspecified atom stereocenters. The van der Waals surface area contributed by atoms with Crippen molar-refractivity contribution < 1.29 is 27.5 Å². The third kappa shape index (κ3) is 3.71. The van der Waals surface area contributed by atoms with Gasteiger partial charge in [-0.3, -0.25) is 4.72 Å². The number of para-hydroxylation sites is 1. The number of carbonyl (C=O) groups excluding carboxylic acids is 2. The highest BCUT2D eigenvalue weighted by molar-refractivity contribution is 7.93. The first kappa shape index (κ1) is 19.8. The molecule has 0 amide bonds. The van der Waals surface area contributed by atoms with Crippen molar-refractivity contribution in [1.29, 1.82) is 0 Å². The van der Waals surface area contributed by atoms with E-state index in [1.54, 1.807) is 43.3 Å². The van der Waals surface area contributed by atoms with E-state index in [1.165, 1.54) is 19.2 Å². The second kappa shape index (κ2) is 7.99. The maximum atomic E-state index is 13.2. The van der Waals surface area contributed by atoms with Gasteiger partial charge < -0.3 is 9.47 Å². The van der Waals surface area contributed by atoms with Crippen molar-refractivity contribution in [3.8, 4) is 0 Å². The summed E-state index contributed by atoms with van der Waals surface area (Å²) in [7, 11) is -3.00. The highest BCUT2D eigenvalue weighted by atomic mass is 32.2. The molecule has 7 nitrogen and oxygen atoms in total. The predicted octanol–water partition coefficient (Wildman–Crippen LogP) is 3.67. The maximum Gasteiger partial charge on any atom is 0.349 e. The summed E-state index contributed by atoms with van der Waals surface area (Å²) in [5.41, 5.74) is 0.116. The van der Waals surface area contributed by atoms with Crippen LogP contribution >= 0.6 is 11.3 Å². The van der Waals surface area contributed by atoms with Crippen LogP contribution in [0.2, 0.25) is 0 Å². The molecule has 1 heterocycles. The summed E-state index contributed by atoms with van der Waals surface area (Å²) in [6.45, 7) is 1.76. The lowest BCUT2D eigenvalue weighted by atomic mass is 10.2. The van der Waals surface area contributed by atoms with Crippen molar-refractivity contribution in [2.24, 2.45) is 0 Å². The Morgan fingerprint density at radius 3 is 2.43 bits per heavy atom. The van der Waals surface area contributed by atoms with Gasteiger partial charge in [-0.05, 0) is 25.1 Å². The van der Waals surface area contributed by atoms with Crippen LogP contribution < -0.4 is 4.72 Å². The molecule has 146 valence electrons. The van der Waals surface area contributed by atoms with Crippen LogP contribution in [0.15, 0.2) is 53.4 Å². The summed E-state index contributed by atoms with van der Waals surface area (Å²) in [4.78, 5) is 24.1. The molecule has 3 rings (SSSR count). The van der Waals surface area contributed by atoms with Crippen LogP contribution in [0.5, 0.6) is 0 Å². The molecule has 1 N–H and O–H groups in total. The first-order valence-corrected chi connectivity index (χ1v) is 10.6. The third-order valence-electron chi connectivity index (χ3n) is 3.86. The van der Waals surface area contributed by atoms with E-state index >= 15 is 0 Å². The molecule has 1 aromatic heterocycles. The number of benzene rings is 2. The fourth-order valence-electron chi connectivity index (χ4n) is 2.68. The summed E-state index contributed by atoms with van der Waals surface area (Å²) in [6, 6.07) is 12.9. The van der Waals surface area contributed by atoms with Crippen molar-refractivity contribution in [1.82, 2.24) is 0 Å². The number of rotatable bonds is 6. The first-order valence-electron chi connectivity index (χ1n) is 8.28. The van der Waals surface area contributed by atoms with Crippen LogP contribution in [0.1, 0.15) is 27.0 Å². The van der Waals surface area contributed by atoms with Crippen molar-refractivity contribution in [2.45, 2.75) is 11.8 Å². The van der Waals surface area contributed by atoms with E-state index in [1.807, 2.05) is 0 Å². The number of ether oxygens (including phenoxy) is 2. The Morgan fingerprint density at radius 1 is 1.04 bits per heavy atom. The standard InChI is InChI=1S/C19H17NO6S2/c1-3-26-19(22)16-17(13-9-5-7-11-15(13)27-16)28(23,24)20-14-10-6-4-8-12(14)18(21)25-2/h4-11,20H,3H2,1-2H3. The van der Waals surface area contributed by atoms with Gasteiger partial charge in [0.2, 0.25) is 0 Å². The van der Waals surface area contributed by atoms with Crippen LogP contribution in [-0.2, 0) is 19.5 Å². The normalized spacial score (nSPS) is 11.2. The van der Waals surface area contributed by atoms with Gasteiger partial charge in [0, 0.05) is 10.1 Å². The summed E-state index contributed by atoms with van der Waals surface area (Å²) in [5.74, 6) is -1.40. The summed E-state index contributed by atoms with van der Waals surface area (Å²) in [5, 5.41) is 0.401. The number of hydrogen-bond acceptors (Lipinski definition) is 7. The fraction of sp³-hybridized carbons (Fsp3) is 0.158. The lowest BCUT2D eigenvalue weighted by molar-refractivity contribution is 0.0527. The van der Waals surface area contributed by atoms with Gasteiger partial charge in [0.15, 0.2) is 0 Å². The number of thiophene rings is 1.